The fraction of sp³-hybridized carbons (Fsp3) is 0.933. The second-order valence-electron chi connectivity index (χ2n) is 5.29. The van der Waals surface area contributed by atoms with Crippen molar-refractivity contribution in [3.63, 3.8) is 0 Å². The van der Waals surface area contributed by atoms with E-state index < -0.39 is 0 Å². The fourth-order valence-corrected chi connectivity index (χ4v) is 1.93. The van der Waals surface area contributed by atoms with Crippen LogP contribution in [-0.2, 0) is 9.53 Å². The van der Waals surface area contributed by atoms with Gasteiger partial charge >= 0.3 is 5.97 Å². The van der Waals surface area contributed by atoms with E-state index >= 15 is 0 Å². The SMILES string of the molecule is CCCCCCCC(O)CCCC(=O)OC(C)C. The number of esters is 1. The quantitative estimate of drug-likeness (QED) is 0.452. The first-order valence-electron chi connectivity index (χ1n) is 7.43. The number of aliphatic hydroxyl groups is 1. The predicted octanol–water partition coefficient (Wildman–Crippen LogP) is 3.83. The normalized spacial score (nSPS) is 12.7. The Morgan fingerprint density at radius 1 is 1.06 bits per heavy atom. The number of carbonyl (C=O) groups excluding carboxylic acids is 1. The highest BCUT2D eigenvalue weighted by molar-refractivity contribution is 5.69. The minimum atomic E-state index is -0.251. The number of hydrogen-bond acceptors (Lipinski definition) is 3. The van der Waals surface area contributed by atoms with Crippen LogP contribution in [0.2, 0.25) is 0 Å². The lowest BCUT2D eigenvalue weighted by Crippen LogP contribution is -2.12. The van der Waals surface area contributed by atoms with Gasteiger partial charge in [-0.05, 0) is 33.1 Å². The molecule has 0 aliphatic rings. The fourth-order valence-electron chi connectivity index (χ4n) is 1.93. The van der Waals surface area contributed by atoms with Crippen molar-refractivity contribution in [2.24, 2.45) is 0 Å². The summed E-state index contributed by atoms with van der Waals surface area (Å²) in [6, 6.07) is 0. The number of rotatable bonds is 11. The van der Waals surface area contributed by atoms with Crippen LogP contribution in [0.15, 0.2) is 0 Å². The summed E-state index contributed by atoms with van der Waals surface area (Å²) in [6.07, 6.45) is 8.54. The maximum Gasteiger partial charge on any atom is 0.306 e. The first kappa shape index (κ1) is 17.4. The van der Waals surface area contributed by atoms with Crippen LogP contribution in [0.1, 0.15) is 78.6 Å². The summed E-state index contributed by atoms with van der Waals surface area (Å²) < 4.78 is 5.04. The highest BCUT2D eigenvalue weighted by Gasteiger charge is 2.08. The molecule has 1 atom stereocenters. The van der Waals surface area contributed by atoms with Crippen molar-refractivity contribution in [3.05, 3.63) is 0 Å². The average molecular weight is 258 g/mol. The topological polar surface area (TPSA) is 46.5 Å². The molecule has 0 aliphatic heterocycles. The second kappa shape index (κ2) is 11.5. The van der Waals surface area contributed by atoms with Crippen molar-refractivity contribution >= 4 is 5.97 Å². The van der Waals surface area contributed by atoms with Gasteiger partial charge in [-0.1, -0.05) is 39.0 Å². The van der Waals surface area contributed by atoms with Gasteiger partial charge < -0.3 is 9.84 Å². The Bertz CT molecular complexity index is 202. The molecule has 3 nitrogen and oxygen atoms in total. The van der Waals surface area contributed by atoms with Crippen molar-refractivity contribution in [2.45, 2.75) is 90.8 Å². The van der Waals surface area contributed by atoms with Gasteiger partial charge in [0.25, 0.3) is 0 Å². The zero-order valence-electron chi connectivity index (χ0n) is 12.3. The van der Waals surface area contributed by atoms with Crippen molar-refractivity contribution in [1.82, 2.24) is 0 Å². The summed E-state index contributed by atoms with van der Waals surface area (Å²) in [4.78, 5) is 11.3. The molecule has 0 saturated carbocycles. The van der Waals surface area contributed by atoms with E-state index in [4.69, 9.17) is 4.74 Å². The van der Waals surface area contributed by atoms with Gasteiger partial charge in [-0.2, -0.15) is 0 Å². The van der Waals surface area contributed by atoms with Gasteiger partial charge in [-0.25, -0.2) is 0 Å². The number of ether oxygens (including phenoxy) is 1. The first-order chi connectivity index (χ1) is 8.56. The molecule has 0 radical (unpaired) electrons. The molecule has 0 bridgehead atoms. The molecule has 108 valence electrons. The Balaban J connectivity index is 3.36. The van der Waals surface area contributed by atoms with Crippen LogP contribution < -0.4 is 0 Å². The van der Waals surface area contributed by atoms with Crippen molar-refractivity contribution in [3.8, 4) is 0 Å². The highest BCUT2D eigenvalue weighted by atomic mass is 16.5. The maximum atomic E-state index is 11.3. The summed E-state index contributed by atoms with van der Waals surface area (Å²) in [6.45, 7) is 5.90. The molecule has 1 N–H and O–H groups in total. The van der Waals surface area contributed by atoms with E-state index in [1.165, 1.54) is 25.7 Å². The molecule has 0 aromatic carbocycles. The molecule has 0 fully saturated rings. The van der Waals surface area contributed by atoms with E-state index in [2.05, 4.69) is 6.92 Å². The van der Waals surface area contributed by atoms with Gasteiger partial charge in [0.1, 0.15) is 0 Å². The van der Waals surface area contributed by atoms with E-state index in [9.17, 15) is 9.90 Å². The third-order valence-electron chi connectivity index (χ3n) is 2.93. The van der Waals surface area contributed by atoms with Gasteiger partial charge in [-0.15, -0.1) is 0 Å². The van der Waals surface area contributed by atoms with Crippen LogP contribution in [-0.4, -0.2) is 23.3 Å². The zero-order valence-corrected chi connectivity index (χ0v) is 12.3. The average Bonchev–Trinajstić information content (AvgIpc) is 2.27. The molecule has 3 heteroatoms. The molecule has 1 unspecified atom stereocenters. The van der Waals surface area contributed by atoms with Crippen LogP contribution >= 0.6 is 0 Å². The molecule has 0 aromatic heterocycles. The summed E-state index contributed by atoms with van der Waals surface area (Å²) in [7, 11) is 0. The molecule has 0 heterocycles. The second-order valence-corrected chi connectivity index (χ2v) is 5.29. The lowest BCUT2D eigenvalue weighted by molar-refractivity contribution is -0.147. The third-order valence-corrected chi connectivity index (χ3v) is 2.93. The Kier molecular flexibility index (Phi) is 11.2. The number of unbranched alkanes of at least 4 members (excludes halogenated alkanes) is 4. The molecular formula is C15H30O3. The largest absolute Gasteiger partial charge is 0.463 e. The Labute approximate surface area is 112 Å². The zero-order chi connectivity index (χ0) is 13.8. The van der Waals surface area contributed by atoms with E-state index in [0.29, 0.717) is 12.8 Å². The molecule has 0 spiro atoms. The predicted molar refractivity (Wildman–Crippen MR) is 74.5 cm³/mol. The molecule has 0 amide bonds. The van der Waals surface area contributed by atoms with Crippen molar-refractivity contribution < 1.29 is 14.6 Å². The third kappa shape index (κ3) is 11.9. The maximum absolute atomic E-state index is 11.3. The standard InChI is InChI=1S/C15H30O3/c1-4-5-6-7-8-10-14(16)11-9-12-15(17)18-13(2)3/h13-14,16H,4-12H2,1-3H3. The lowest BCUT2D eigenvalue weighted by atomic mass is 10.0. The van der Waals surface area contributed by atoms with Gasteiger partial charge in [0.2, 0.25) is 0 Å². The monoisotopic (exact) mass is 258 g/mol. The Hall–Kier alpha value is -0.570. The molecule has 0 saturated heterocycles. The van der Waals surface area contributed by atoms with Gasteiger partial charge in [-0.3, -0.25) is 4.79 Å². The minimum Gasteiger partial charge on any atom is -0.463 e. The van der Waals surface area contributed by atoms with Crippen LogP contribution in [0, 0.1) is 0 Å². The molecule has 18 heavy (non-hydrogen) atoms. The van der Waals surface area contributed by atoms with Crippen molar-refractivity contribution in [2.75, 3.05) is 0 Å². The van der Waals surface area contributed by atoms with Crippen molar-refractivity contribution in [1.29, 1.82) is 0 Å². The minimum absolute atomic E-state index is 0.0408. The van der Waals surface area contributed by atoms with E-state index in [1.54, 1.807) is 0 Å². The summed E-state index contributed by atoms with van der Waals surface area (Å²) in [5, 5.41) is 9.75. The summed E-state index contributed by atoms with van der Waals surface area (Å²) in [5.74, 6) is -0.153. The molecule has 0 rings (SSSR count). The van der Waals surface area contributed by atoms with E-state index in [-0.39, 0.29) is 18.2 Å². The lowest BCUT2D eigenvalue weighted by Gasteiger charge is -2.11. The van der Waals surface area contributed by atoms with Gasteiger partial charge in [0.15, 0.2) is 0 Å². The van der Waals surface area contributed by atoms with Gasteiger partial charge in [0.05, 0.1) is 12.2 Å². The van der Waals surface area contributed by atoms with E-state index in [0.717, 1.165) is 19.3 Å². The number of carbonyl (C=O) groups is 1. The molecule has 0 aromatic rings. The van der Waals surface area contributed by atoms with Crippen LogP contribution in [0.25, 0.3) is 0 Å². The smallest absolute Gasteiger partial charge is 0.306 e. The van der Waals surface area contributed by atoms with Crippen LogP contribution in [0.3, 0.4) is 0 Å². The Morgan fingerprint density at radius 3 is 2.28 bits per heavy atom. The Morgan fingerprint density at radius 2 is 1.67 bits per heavy atom. The first-order valence-corrected chi connectivity index (χ1v) is 7.43. The molecular weight excluding hydrogens is 228 g/mol. The highest BCUT2D eigenvalue weighted by Crippen LogP contribution is 2.11. The number of hydrogen-bond donors (Lipinski definition) is 1. The summed E-state index contributed by atoms with van der Waals surface area (Å²) in [5.41, 5.74) is 0. The summed E-state index contributed by atoms with van der Waals surface area (Å²) >= 11 is 0. The van der Waals surface area contributed by atoms with Gasteiger partial charge in [0, 0.05) is 6.42 Å². The van der Waals surface area contributed by atoms with Crippen LogP contribution in [0.5, 0.6) is 0 Å². The van der Waals surface area contributed by atoms with E-state index in [1.807, 2.05) is 13.8 Å². The molecule has 0 aliphatic carbocycles. The van der Waals surface area contributed by atoms with Crippen LogP contribution in [0.4, 0.5) is 0 Å². The number of aliphatic hydroxyl groups excluding tert-OH is 1.